The van der Waals surface area contributed by atoms with Gasteiger partial charge in [-0.15, -0.1) is 11.8 Å². The summed E-state index contributed by atoms with van der Waals surface area (Å²) >= 11 is 1.18. The van der Waals surface area contributed by atoms with Crippen LogP contribution in [0.4, 0.5) is 0 Å². The number of hydrogen-bond acceptors (Lipinski definition) is 5. The summed E-state index contributed by atoms with van der Waals surface area (Å²) in [5, 5.41) is 0. The van der Waals surface area contributed by atoms with Gasteiger partial charge in [0.2, 0.25) is 5.91 Å². The normalized spacial score (nSPS) is 17.4. The first-order valence-electron chi connectivity index (χ1n) is 7.92. The molecule has 2 rings (SSSR count). The molecule has 1 aromatic carbocycles. The number of carbonyl (C=O) groups is 3. The topological polar surface area (TPSA) is 89.7 Å². The summed E-state index contributed by atoms with van der Waals surface area (Å²) in [5.41, 5.74) is 5.47. The number of carbonyl (C=O) groups excluding carboxylic acids is 3. The Bertz CT molecular complexity index is 620. The van der Waals surface area contributed by atoms with Crippen molar-refractivity contribution in [3.63, 3.8) is 0 Å². The van der Waals surface area contributed by atoms with Crippen molar-refractivity contribution in [2.45, 2.75) is 24.7 Å². The van der Waals surface area contributed by atoms with Gasteiger partial charge in [0.15, 0.2) is 6.61 Å². The standard InChI is InChI=1S/C17H22N2O4S/c1-12-5-4-8-19(9-12)16(21)10-23-17(22)13-6-2-3-7-14(13)24-11-15(18)20/h2-3,6-7,12H,4-5,8-11H2,1H3,(H2,18,20). The molecular formula is C17H22N2O4S. The third-order valence-electron chi connectivity index (χ3n) is 3.81. The second-order valence-electron chi connectivity index (χ2n) is 5.91. The van der Waals surface area contributed by atoms with Gasteiger partial charge < -0.3 is 15.4 Å². The largest absolute Gasteiger partial charge is 0.452 e. The molecule has 24 heavy (non-hydrogen) atoms. The van der Waals surface area contributed by atoms with Crippen LogP contribution < -0.4 is 5.73 Å². The van der Waals surface area contributed by atoms with Gasteiger partial charge in [-0.05, 0) is 30.9 Å². The van der Waals surface area contributed by atoms with Crippen molar-refractivity contribution in [3.05, 3.63) is 29.8 Å². The van der Waals surface area contributed by atoms with Crippen LogP contribution in [0.1, 0.15) is 30.1 Å². The highest BCUT2D eigenvalue weighted by atomic mass is 32.2. The zero-order valence-corrected chi connectivity index (χ0v) is 14.5. The van der Waals surface area contributed by atoms with E-state index in [0.29, 0.717) is 29.5 Å². The Morgan fingerprint density at radius 1 is 1.33 bits per heavy atom. The molecule has 1 aliphatic rings. The van der Waals surface area contributed by atoms with Gasteiger partial charge in [0.25, 0.3) is 5.91 Å². The molecule has 1 unspecified atom stereocenters. The smallest absolute Gasteiger partial charge is 0.339 e. The quantitative estimate of drug-likeness (QED) is 0.623. The van der Waals surface area contributed by atoms with Crippen LogP contribution in [0.5, 0.6) is 0 Å². The number of piperidine rings is 1. The molecule has 0 aliphatic carbocycles. The molecule has 0 spiro atoms. The SMILES string of the molecule is CC1CCCN(C(=O)COC(=O)c2ccccc2SCC(N)=O)C1. The van der Waals surface area contributed by atoms with E-state index in [1.807, 2.05) is 0 Å². The Hall–Kier alpha value is -2.02. The van der Waals surface area contributed by atoms with Gasteiger partial charge in [-0.3, -0.25) is 9.59 Å². The molecule has 0 aromatic heterocycles. The molecular weight excluding hydrogens is 328 g/mol. The Morgan fingerprint density at radius 2 is 2.08 bits per heavy atom. The number of likely N-dealkylation sites (tertiary alicyclic amines) is 1. The number of hydrogen-bond donors (Lipinski definition) is 1. The molecule has 2 N–H and O–H groups in total. The van der Waals surface area contributed by atoms with Gasteiger partial charge >= 0.3 is 5.97 Å². The number of rotatable bonds is 6. The fourth-order valence-electron chi connectivity index (χ4n) is 2.62. The maximum atomic E-state index is 12.2. The fraction of sp³-hybridized carbons (Fsp3) is 0.471. The van der Waals surface area contributed by atoms with Gasteiger partial charge in [0.1, 0.15) is 0 Å². The number of ether oxygens (including phenoxy) is 1. The first-order valence-corrected chi connectivity index (χ1v) is 8.91. The van der Waals surface area contributed by atoms with Gasteiger partial charge in [-0.25, -0.2) is 4.79 Å². The van der Waals surface area contributed by atoms with Crippen molar-refractivity contribution >= 4 is 29.5 Å². The molecule has 130 valence electrons. The van der Waals surface area contributed by atoms with Crippen molar-refractivity contribution in [1.82, 2.24) is 4.90 Å². The van der Waals surface area contributed by atoms with Crippen LogP contribution in [0, 0.1) is 5.92 Å². The van der Waals surface area contributed by atoms with Crippen molar-refractivity contribution in [1.29, 1.82) is 0 Å². The monoisotopic (exact) mass is 350 g/mol. The van der Waals surface area contributed by atoms with Crippen molar-refractivity contribution in [2.75, 3.05) is 25.4 Å². The van der Waals surface area contributed by atoms with E-state index in [-0.39, 0.29) is 18.3 Å². The van der Waals surface area contributed by atoms with E-state index < -0.39 is 11.9 Å². The zero-order valence-electron chi connectivity index (χ0n) is 13.7. The predicted molar refractivity (Wildman–Crippen MR) is 91.6 cm³/mol. The molecule has 0 bridgehead atoms. The minimum absolute atomic E-state index is 0.0783. The molecule has 0 saturated carbocycles. The van der Waals surface area contributed by atoms with Crippen LogP contribution in [-0.2, 0) is 14.3 Å². The Kier molecular flexibility index (Phi) is 6.66. The summed E-state index contributed by atoms with van der Waals surface area (Å²) in [4.78, 5) is 37.7. The maximum absolute atomic E-state index is 12.2. The molecule has 1 heterocycles. The van der Waals surface area contributed by atoms with Crippen molar-refractivity contribution in [3.8, 4) is 0 Å². The lowest BCUT2D eigenvalue weighted by Crippen LogP contribution is -2.41. The zero-order chi connectivity index (χ0) is 17.5. The average molecular weight is 350 g/mol. The molecule has 1 aliphatic heterocycles. The van der Waals surface area contributed by atoms with E-state index in [1.165, 1.54) is 11.8 Å². The van der Waals surface area contributed by atoms with Gasteiger partial charge in [-0.2, -0.15) is 0 Å². The Morgan fingerprint density at radius 3 is 2.79 bits per heavy atom. The Balaban J connectivity index is 1.92. The molecule has 1 fully saturated rings. The van der Waals surface area contributed by atoms with Gasteiger partial charge in [0, 0.05) is 18.0 Å². The second kappa shape index (κ2) is 8.73. The van der Waals surface area contributed by atoms with Crippen LogP contribution in [0.3, 0.4) is 0 Å². The number of benzene rings is 1. The molecule has 2 amide bonds. The van der Waals surface area contributed by atoms with E-state index in [9.17, 15) is 14.4 Å². The van der Waals surface area contributed by atoms with E-state index in [4.69, 9.17) is 10.5 Å². The molecule has 7 heteroatoms. The molecule has 1 saturated heterocycles. The number of amides is 2. The molecule has 0 radical (unpaired) electrons. The fourth-order valence-corrected chi connectivity index (χ4v) is 3.40. The van der Waals surface area contributed by atoms with E-state index in [1.54, 1.807) is 29.2 Å². The number of thioether (sulfide) groups is 1. The summed E-state index contributed by atoms with van der Waals surface area (Å²) in [5.74, 6) is -0.644. The van der Waals surface area contributed by atoms with Crippen LogP contribution in [0.2, 0.25) is 0 Å². The van der Waals surface area contributed by atoms with E-state index in [0.717, 1.165) is 12.8 Å². The summed E-state index contributed by atoms with van der Waals surface area (Å²) in [6.45, 7) is 3.27. The highest BCUT2D eigenvalue weighted by Crippen LogP contribution is 2.23. The highest BCUT2D eigenvalue weighted by molar-refractivity contribution is 8.00. The number of nitrogens with two attached hydrogens (primary N) is 1. The van der Waals surface area contributed by atoms with E-state index in [2.05, 4.69) is 6.92 Å². The predicted octanol–water partition coefficient (Wildman–Crippen LogP) is 1.68. The van der Waals surface area contributed by atoms with Gasteiger partial charge in [-0.1, -0.05) is 19.1 Å². The molecule has 6 nitrogen and oxygen atoms in total. The minimum Gasteiger partial charge on any atom is -0.452 e. The van der Waals surface area contributed by atoms with Crippen LogP contribution in [-0.4, -0.2) is 48.1 Å². The van der Waals surface area contributed by atoms with Crippen molar-refractivity contribution < 1.29 is 19.1 Å². The van der Waals surface area contributed by atoms with Gasteiger partial charge in [0.05, 0.1) is 11.3 Å². The first-order chi connectivity index (χ1) is 11.5. The van der Waals surface area contributed by atoms with E-state index >= 15 is 0 Å². The molecule has 1 atom stereocenters. The highest BCUT2D eigenvalue weighted by Gasteiger charge is 2.22. The van der Waals surface area contributed by atoms with Crippen LogP contribution in [0.25, 0.3) is 0 Å². The summed E-state index contributed by atoms with van der Waals surface area (Å²) in [7, 11) is 0. The summed E-state index contributed by atoms with van der Waals surface area (Å²) in [6, 6.07) is 6.80. The average Bonchev–Trinajstić information content (AvgIpc) is 2.57. The third kappa shape index (κ3) is 5.26. The lowest BCUT2D eigenvalue weighted by atomic mass is 10.0. The van der Waals surface area contributed by atoms with Crippen LogP contribution >= 0.6 is 11.8 Å². The second-order valence-corrected chi connectivity index (χ2v) is 6.93. The minimum atomic E-state index is -0.569. The summed E-state index contributed by atoms with van der Waals surface area (Å²) in [6.07, 6.45) is 2.10. The lowest BCUT2D eigenvalue weighted by Gasteiger charge is -2.30. The maximum Gasteiger partial charge on any atom is 0.339 e. The number of esters is 1. The summed E-state index contributed by atoms with van der Waals surface area (Å²) < 4.78 is 5.17. The third-order valence-corrected chi connectivity index (χ3v) is 4.91. The number of nitrogens with zero attached hydrogens (tertiary/aromatic N) is 1. The lowest BCUT2D eigenvalue weighted by molar-refractivity contribution is -0.136. The molecule has 1 aromatic rings. The Labute approximate surface area is 145 Å². The number of primary amides is 1. The first kappa shape index (κ1) is 18.3. The van der Waals surface area contributed by atoms with Crippen molar-refractivity contribution in [2.24, 2.45) is 11.7 Å². The van der Waals surface area contributed by atoms with Crippen LogP contribution in [0.15, 0.2) is 29.2 Å².